The zero-order valence-corrected chi connectivity index (χ0v) is 22.0. The van der Waals surface area contributed by atoms with Gasteiger partial charge in [0.1, 0.15) is 0 Å². The van der Waals surface area contributed by atoms with Gasteiger partial charge in [-0.2, -0.15) is 0 Å². The highest BCUT2D eigenvalue weighted by Gasteiger charge is 2.18. The molecule has 1 atom stereocenters. The smallest absolute Gasteiger partial charge is 0.304 e. The van der Waals surface area contributed by atoms with Gasteiger partial charge in [-0.25, -0.2) is 13.1 Å². The maximum absolute atomic E-state index is 12.2. The van der Waals surface area contributed by atoms with Gasteiger partial charge >= 0.3 is 5.97 Å². The number of nitrogens with zero attached hydrogens (tertiary/aromatic N) is 2. The van der Waals surface area contributed by atoms with Crippen molar-refractivity contribution in [2.75, 3.05) is 11.9 Å². The molecule has 0 fully saturated rings. The molecule has 0 aliphatic heterocycles. The van der Waals surface area contributed by atoms with Crippen molar-refractivity contribution in [3.8, 4) is 22.9 Å². The second-order valence-electron chi connectivity index (χ2n) is 9.26. The minimum absolute atomic E-state index is 0.0129. The summed E-state index contributed by atoms with van der Waals surface area (Å²) >= 11 is 0. The molecule has 0 radical (unpaired) electrons. The van der Waals surface area contributed by atoms with Crippen molar-refractivity contribution in [2.45, 2.75) is 32.1 Å². The quantitative estimate of drug-likeness (QED) is 0.228. The van der Waals surface area contributed by atoms with Gasteiger partial charge in [0.25, 0.3) is 0 Å². The average molecular weight is 535 g/mol. The molecular weight excluding hydrogens is 504 g/mol. The molecule has 0 saturated carbocycles. The van der Waals surface area contributed by atoms with Gasteiger partial charge < -0.3 is 14.8 Å². The monoisotopic (exact) mass is 534 g/mol. The highest BCUT2D eigenvalue weighted by Crippen LogP contribution is 2.30. The lowest BCUT2D eigenvalue weighted by atomic mass is 9.95. The van der Waals surface area contributed by atoms with Gasteiger partial charge in [-0.05, 0) is 53.4 Å². The molecule has 0 unspecified atom stereocenters. The molecule has 0 saturated heterocycles. The summed E-state index contributed by atoms with van der Waals surface area (Å²) in [5.41, 5.74) is 4.25. The minimum atomic E-state index is -3.62. The molecule has 9 nitrogen and oxygen atoms in total. The van der Waals surface area contributed by atoms with Crippen molar-refractivity contribution in [2.24, 2.45) is 5.92 Å². The Hall–Kier alpha value is -4.02. The highest BCUT2D eigenvalue weighted by molar-refractivity contribution is 7.88. The molecule has 1 heterocycles. The number of nitrogens with one attached hydrogen (secondary N) is 2. The molecule has 0 aliphatic carbocycles. The summed E-state index contributed by atoms with van der Waals surface area (Å²) in [6.45, 7) is 4.12. The number of anilines is 1. The Morgan fingerprint density at radius 1 is 0.895 bits per heavy atom. The fraction of sp³-hybridized carbons (Fsp3) is 0.250. The number of hydrogen-bond donors (Lipinski definition) is 3. The molecule has 3 N–H and O–H groups in total. The van der Waals surface area contributed by atoms with Gasteiger partial charge in [0.05, 0.1) is 18.2 Å². The molecule has 3 aromatic carbocycles. The van der Waals surface area contributed by atoms with Crippen LogP contribution in [-0.4, -0.2) is 36.2 Å². The minimum Gasteiger partial charge on any atom is -0.481 e. The molecular formula is C28H30N4O5S. The molecule has 0 bridgehead atoms. The summed E-state index contributed by atoms with van der Waals surface area (Å²) in [6, 6.07) is 24.8. The summed E-state index contributed by atoms with van der Waals surface area (Å²) in [5.74, 6) is -0.0771. The van der Waals surface area contributed by atoms with Gasteiger partial charge in [-0.15, -0.1) is 10.2 Å². The Balaban J connectivity index is 1.41. The van der Waals surface area contributed by atoms with E-state index in [0.717, 1.165) is 22.4 Å². The SMILES string of the molecule is CC(C)[C@@H](Nc1ccc(CS(=O)(=O)NCCC(=O)O)cc1)c1ccc(-c2nnc(-c3ccccc3)o2)cc1. The standard InChI is InChI=1S/C28H30N4O5S/c1-19(2)26(30-24-14-8-20(9-15-24)18-38(35,36)29-17-16-25(33)34)21-10-12-23(13-11-21)28-32-31-27(37-28)22-6-4-3-5-7-22/h3-15,19,26,29-30H,16-18H2,1-2H3,(H,33,34)/t26-/m1/s1. The summed E-state index contributed by atoms with van der Waals surface area (Å²) in [5, 5.41) is 20.6. The number of rotatable bonds is 12. The van der Waals surface area contributed by atoms with Crippen LogP contribution in [0.25, 0.3) is 22.9 Å². The van der Waals surface area contributed by atoms with E-state index in [0.29, 0.717) is 17.3 Å². The van der Waals surface area contributed by atoms with E-state index in [1.165, 1.54) is 0 Å². The van der Waals surface area contributed by atoms with Crippen LogP contribution < -0.4 is 10.0 Å². The first-order valence-electron chi connectivity index (χ1n) is 12.2. The van der Waals surface area contributed by atoms with E-state index < -0.39 is 16.0 Å². The number of aliphatic carboxylic acids is 1. The predicted octanol–water partition coefficient (Wildman–Crippen LogP) is 5.11. The first-order valence-corrected chi connectivity index (χ1v) is 13.9. The van der Waals surface area contributed by atoms with Crippen LogP contribution in [0, 0.1) is 5.92 Å². The maximum Gasteiger partial charge on any atom is 0.304 e. The maximum atomic E-state index is 12.2. The first-order chi connectivity index (χ1) is 18.2. The molecule has 38 heavy (non-hydrogen) atoms. The van der Waals surface area contributed by atoms with Gasteiger partial charge in [0, 0.05) is 23.4 Å². The van der Waals surface area contributed by atoms with Gasteiger partial charge in [0.15, 0.2) is 0 Å². The molecule has 0 amide bonds. The van der Waals surface area contributed by atoms with Crippen molar-refractivity contribution < 1.29 is 22.7 Å². The second kappa shape index (κ2) is 12.0. The van der Waals surface area contributed by atoms with E-state index in [2.05, 4.69) is 34.1 Å². The van der Waals surface area contributed by atoms with E-state index >= 15 is 0 Å². The van der Waals surface area contributed by atoms with Crippen molar-refractivity contribution in [3.05, 3.63) is 90.0 Å². The lowest BCUT2D eigenvalue weighted by Gasteiger charge is -2.24. The molecule has 0 aliphatic rings. The zero-order valence-electron chi connectivity index (χ0n) is 21.2. The summed E-state index contributed by atoms with van der Waals surface area (Å²) < 4.78 is 32.5. The number of carboxylic acid groups (broad SMARTS) is 1. The van der Waals surface area contributed by atoms with E-state index in [-0.39, 0.29) is 30.7 Å². The highest BCUT2D eigenvalue weighted by atomic mass is 32.2. The largest absolute Gasteiger partial charge is 0.481 e. The van der Waals surface area contributed by atoms with Crippen molar-refractivity contribution in [1.29, 1.82) is 0 Å². The van der Waals surface area contributed by atoms with Crippen LogP contribution in [0.4, 0.5) is 5.69 Å². The van der Waals surface area contributed by atoms with Crippen LogP contribution in [0.1, 0.15) is 37.4 Å². The van der Waals surface area contributed by atoms with E-state index in [9.17, 15) is 13.2 Å². The Morgan fingerprint density at radius 2 is 1.50 bits per heavy atom. The third-order valence-electron chi connectivity index (χ3n) is 5.92. The number of carbonyl (C=O) groups is 1. The fourth-order valence-corrected chi connectivity index (χ4v) is 5.11. The Morgan fingerprint density at radius 3 is 2.08 bits per heavy atom. The lowest BCUT2D eigenvalue weighted by Crippen LogP contribution is -2.27. The molecule has 4 aromatic rings. The first kappa shape index (κ1) is 27.0. The van der Waals surface area contributed by atoms with Crippen LogP contribution in [0.5, 0.6) is 0 Å². The van der Waals surface area contributed by atoms with E-state index in [4.69, 9.17) is 9.52 Å². The number of hydrogen-bond acceptors (Lipinski definition) is 7. The predicted molar refractivity (Wildman–Crippen MR) is 146 cm³/mol. The third kappa shape index (κ3) is 7.27. The normalized spacial score (nSPS) is 12.4. The number of aromatic nitrogens is 2. The molecule has 10 heteroatoms. The third-order valence-corrected chi connectivity index (χ3v) is 7.28. The van der Waals surface area contributed by atoms with Crippen LogP contribution in [0.2, 0.25) is 0 Å². The summed E-state index contributed by atoms with van der Waals surface area (Å²) in [7, 11) is -3.62. The Labute approximate surface area is 222 Å². The molecule has 0 spiro atoms. The topological polar surface area (TPSA) is 134 Å². The van der Waals surface area contributed by atoms with E-state index in [1.54, 1.807) is 12.1 Å². The average Bonchev–Trinajstić information content (AvgIpc) is 3.39. The Bertz CT molecular complexity index is 1450. The van der Waals surface area contributed by atoms with Crippen LogP contribution in [-0.2, 0) is 20.6 Å². The molecule has 4 rings (SSSR count). The lowest BCUT2D eigenvalue weighted by molar-refractivity contribution is -0.136. The molecule has 1 aromatic heterocycles. The van der Waals surface area contributed by atoms with E-state index in [1.807, 2.05) is 66.7 Å². The van der Waals surface area contributed by atoms with Crippen molar-refractivity contribution in [3.63, 3.8) is 0 Å². The van der Waals surface area contributed by atoms with Crippen LogP contribution in [0.3, 0.4) is 0 Å². The molecule has 198 valence electrons. The summed E-state index contributed by atoms with van der Waals surface area (Å²) in [4.78, 5) is 10.6. The number of benzene rings is 3. The second-order valence-corrected chi connectivity index (χ2v) is 11.1. The Kier molecular flexibility index (Phi) is 8.55. The van der Waals surface area contributed by atoms with Gasteiger partial charge in [-0.3, -0.25) is 4.79 Å². The number of sulfonamides is 1. The summed E-state index contributed by atoms with van der Waals surface area (Å²) in [6.07, 6.45) is -0.261. The van der Waals surface area contributed by atoms with Crippen LogP contribution in [0.15, 0.2) is 83.3 Å². The fourth-order valence-electron chi connectivity index (χ4n) is 3.97. The van der Waals surface area contributed by atoms with Crippen molar-refractivity contribution in [1.82, 2.24) is 14.9 Å². The van der Waals surface area contributed by atoms with Crippen molar-refractivity contribution >= 4 is 21.7 Å². The van der Waals surface area contributed by atoms with Crippen LogP contribution >= 0.6 is 0 Å². The van der Waals surface area contributed by atoms with Gasteiger partial charge in [0.2, 0.25) is 21.8 Å². The zero-order chi connectivity index (χ0) is 27.1. The van der Waals surface area contributed by atoms with Gasteiger partial charge in [-0.1, -0.05) is 56.3 Å². The number of carboxylic acids is 1.